The zero-order valence-electron chi connectivity index (χ0n) is 11.5. The highest BCUT2D eigenvalue weighted by Gasteiger charge is 2.09. The highest BCUT2D eigenvalue weighted by atomic mass is 35.5. The van der Waals surface area contributed by atoms with Crippen molar-refractivity contribution in [2.45, 2.75) is 6.17 Å². The van der Waals surface area contributed by atoms with E-state index in [1.807, 2.05) is 61.6 Å². The Hall–Kier alpha value is -1.61. The van der Waals surface area contributed by atoms with E-state index in [2.05, 4.69) is 17.1 Å². The Morgan fingerprint density at radius 3 is 2.40 bits per heavy atom. The molecule has 2 aromatic rings. The molecular formula is C17H19ClN2. The number of halogens is 1. The second-order valence-electron chi connectivity index (χ2n) is 4.75. The molecule has 0 amide bonds. The monoisotopic (exact) mass is 286 g/mol. The summed E-state index contributed by atoms with van der Waals surface area (Å²) in [4.78, 5) is 2.10. The molecule has 3 heteroatoms. The fraction of sp³-hybridized carbons (Fsp3) is 0.176. The quantitative estimate of drug-likeness (QED) is 0.844. The zero-order chi connectivity index (χ0) is 14.4. The zero-order valence-corrected chi connectivity index (χ0v) is 12.3. The summed E-state index contributed by atoms with van der Waals surface area (Å²) < 4.78 is 0. The van der Waals surface area contributed by atoms with Gasteiger partial charge in [0.2, 0.25) is 0 Å². The molecule has 104 valence electrons. The first-order valence-corrected chi connectivity index (χ1v) is 6.97. The summed E-state index contributed by atoms with van der Waals surface area (Å²) in [5.41, 5.74) is 8.47. The van der Waals surface area contributed by atoms with Gasteiger partial charge in [-0.25, -0.2) is 0 Å². The van der Waals surface area contributed by atoms with E-state index in [0.29, 0.717) is 0 Å². The number of benzene rings is 2. The Morgan fingerprint density at radius 1 is 1.10 bits per heavy atom. The van der Waals surface area contributed by atoms with E-state index in [1.165, 1.54) is 0 Å². The molecule has 0 heterocycles. The SMILES string of the molecule is CN(CC=Cc1ccc(Cl)cc1)C(N)c1ccccc1. The third kappa shape index (κ3) is 4.20. The van der Waals surface area contributed by atoms with Crippen LogP contribution in [0.4, 0.5) is 0 Å². The van der Waals surface area contributed by atoms with Crippen LogP contribution in [0.15, 0.2) is 60.7 Å². The maximum atomic E-state index is 6.21. The maximum absolute atomic E-state index is 6.21. The lowest BCUT2D eigenvalue weighted by Crippen LogP contribution is -2.31. The molecule has 1 atom stereocenters. The van der Waals surface area contributed by atoms with Crippen LogP contribution in [0.2, 0.25) is 5.02 Å². The fourth-order valence-corrected chi connectivity index (χ4v) is 2.07. The second-order valence-corrected chi connectivity index (χ2v) is 5.19. The molecule has 20 heavy (non-hydrogen) atoms. The highest BCUT2D eigenvalue weighted by Crippen LogP contribution is 2.14. The molecule has 0 aromatic heterocycles. The first-order valence-electron chi connectivity index (χ1n) is 6.59. The van der Waals surface area contributed by atoms with Gasteiger partial charge in [0.05, 0.1) is 6.17 Å². The van der Waals surface area contributed by atoms with Crippen molar-refractivity contribution < 1.29 is 0 Å². The van der Waals surface area contributed by atoms with Gasteiger partial charge >= 0.3 is 0 Å². The predicted octanol–water partition coefficient (Wildman–Crippen LogP) is 3.94. The van der Waals surface area contributed by atoms with Gasteiger partial charge in [0, 0.05) is 11.6 Å². The van der Waals surface area contributed by atoms with Crippen molar-refractivity contribution in [3.63, 3.8) is 0 Å². The lowest BCUT2D eigenvalue weighted by atomic mass is 10.1. The Morgan fingerprint density at radius 2 is 1.75 bits per heavy atom. The molecule has 0 radical (unpaired) electrons. The number of hydrogen-bond acceptors (Lipinski definition) is 2. The van der Waals surface area contributed by atoms with Crippen molar-refractivity contribution in [3.8, 4) is 0 Å². The molecule has 0 aliphatic heterocycles. The topological polar surface area (TPSA) is 29.3 Å². The second kappa shape index (κ2) is 7.25. The number of nitrogens with two attached hydrogens (primary N) is 1. The number of nitrogens with zero attached hydrogens (tertiary/aromatic N) is 1. The maximum Gasteiger partial charge on any atom is 0.0835 e. The van der Waals surface area contributed by atoms with Crippen molar-refractivity contribution in [1.82, 2.24) is 4.90 Å². The van der Waals surface area contributed by atoms with Gasteiger partial charge in [-0.3, -0.25) is 4.90 Å². The molecule has 2 N–H and O–H groups in total. The smallest absolute Gasteiger partial charge is 0.0835 e. The molecule has 0 fully saturated rings. The van der Waals surface area contributed by atoms with E-state index in [1.54, 1.807) is 0 Å². The van der Waals surface area contributed by atoms with Crippen molar-refractivity contribution in [2.75, 3.05) is 13.6 Å². The first-order chi connectivity index (χ1) is 9.66. The molecule has 0 saturated carbocycles. The van der Waals surface area contributed by atoms with Gasteiger partial charge in [0.15, 0.2) is 0 Å². The van der Waals surface area contributed by atoms with E-state index in [9.17, 15) is 0 Å². The van der Waals surface area contributed by atoms with E-state index >= 15 is 0 Å². The largest absolute Gasteiger partial charge is 0.312 e. The van der Waals surface area contributed by atoms with Crippen molar-refractivity contribution >= 4 is 17.7 Å². The molecule has 1 unspecified atom stereocenters. The van der Waals surface area contributed by atoms with Crippen LogP contribution >= 0.6 is 11.6 Å². The Labute approximate surface area is 125 Å². The van der Waals surface area contributed by atoms with E-state index in [-0.39, 0.29) is 6.17 Å². The summed E-state index contributed by atoms with van der Waals surface area (Å²) in [5.74, 6) is 0. The van der Waals surface area contributed by atoms with Crippen LogP contribution < -0.4 is 5.73 Å². The molecule has 2 aromatic carbocycles. The van der Waals surface area contributed by atoms with Crippen LogP contribution in [0.25, 0.3) is 6.08 Å². The Kier molecular flexibility index (Phi) is 5.36. The van der Waals surface area contributed by atoms with Crippen LogP contribution in [0, 0.1) is 0 Å². The van der Waals surface area contributed by atoms with Gasteiger partial charge in [-0.1, -0.05) is 66.2 Å². The normalized spacial score (nSPS) is 13.0. The van der Waals surface area contributed by atoms with Crippen LogP contribution in [0.3, 0.4) is 0 Å². The fourth-order valence-electron chi connectivity index (χ4n) is 1.95. The molecule has 0 spiro atoms. The van der Waals surface area contributed by atoms with Crippen LogP contribution in [0.1, 0.15) is 17.3 Å². The molecule has 0 bridgehead atoms. The van der Waals surface area contributed by atoms with Crippen molar-refractivity contribution in [2.24, 2.45) is 5.73 Å². The molecule has 2 rings (SSSR count). The lowest BCUT2D eigenvalue weighted by molar-refractivity contribution is 0.277. The minimum atomic E-state index is -0.0916. The molecule has 0 aliphatic rings. The average molecular weight is 287 g/mol. The van der Waals surface area contributed by atoms with Gasteiger partial charge in [0.1, 0.15) is 0 Å². The number of likely N-dealkylation sites (N-methyl/N-ethyl adjacent to an activating group) is 1. The van der Waals surface area contributed by atoms with Crippen molar-refractivity contribution in [1.29, 1.82) is 0 Å². The summed E-state index contributed by atoms with van der Waals surface area (Å²) in [6.07, 6.45) is 4.09. The van der Waals surface area contributed by atoms with Gasteiger partial charge in [-0.15, -0.1) is 0 Å². The number of rotatable bonds is 5. The summed E-state index contributed by atoms with van der Waals surface area (Å²) in [6.45, 7) is 0.790. The van der Waals surface area contributed by atoms with Gasteiger partial charge in [0.25, 0.3) is 0 Å². The lowest BCUT2D eigenvalue weighted by Gasteiger charge is -2.23. The van der Waals surface area contributed by atoms with Gasteiger partial charge in [-0.05, 0) is 30.3 Å². The van der Waals surface area contributed by atoms with E-state index in [0.717, 1.165) is 22.7 Å². The minimum Gasteiger partial charge on any atom is -0.312 e. The molecular weight excluding hydrogens is 268 g/mol. The highest BCUT2D eigenvalue weighted by molar-refractivity contribution is 6.30. The third-order valence-electron chi connectivity index (χ3n) is 3.19. The standard InChI is InChI=1S/C17H19ClN2/c1-20(17(19)15-7-3-2-4-8-15)13-5-6-14-9-11-16(18)12-10-14/h2-12,17H,13,19H2,1H3. The van der Waals surface area contributed by atoms with Crippen LogP contribution in [-0.4, -0.2) is 18.5 Å². The Bertz CT molecular complexity index is 549. The van der Waals surface area contributed by atoms with Crippen LogP contribution in [-0.2, 0) is 0 Å². The molecule has 0 saturated heterocycles. The Balaban J connectivity index is 1.91. The van der Waals surface area contributed by atoms with Gasteiger partial charge < -0.3 is 5.73 Å². The van der Waals surface area contributed by atoms with Gasteiger partial charge in [-0.2, -0.15) is 0 Å². The summed E-state index contributed by atoms with van der Waals surface area (Å²) in [7, 11) is 2.02. The third-order valence-corrected chi connectivity index (χ3v) is 3.44. The average Bonchev–Trinajstić information content (AvgIpc) is 2.49. The minimum absolute atomic E-state index is 0.0916. The summed E-state index contributed by atoms with van der Waals surface area (Å²) in [6, 6.07) is 17.9. The summed E-state index contributed by atoms with van der Waals surface area (Å²) >= 11 is 5.86. The van der Waals surface area contributed by atoms with E-state index in [4.69, 9.17) is 17.3 Å². The molecule has 0 aliphatic carbocycles. The summed E-state index contributed by atoms with van der Waals surface area (Å²) in [5, 5.41) is 0.755. The van der Waals surface area contributed by atoms with Crippen LogP contribution in [0.5, 0.6) is 0 Å². The van der Waals surface area contributed by atoms with Crippen molar-refractivity contribution in [3.05, 3.63) is 76.8 Å². The first kappa shape index (κ1) is 14.8. The van der Waals surface area contributed by atoms with E-state index < -0.39 is 0 Å². The predicted molar refractivity (Wildman–Crippen MR) is 86.5 cm³/mol. The molecule has 2 nitrogen and oxygen atoms in total. The number of hydrogen-bond donors (Lipinski definition) is 1.